The van der Waals surface area contributed by atoms with E-state index in [0.717, 1.165) is 32.1 Å². The number of hydrogen-bond acceptors (Lipinski definition) is 1. The molecule has 2 heteroatoms. The first-order valence-electron chi connectivity index (χ1n) is 8.96. The van der Waals surface area contributed by atoms with Gasteiger partial charge >= 0.3 is 0 Å². The van der Waals surface area contributed by atoms with Gasteiger partial charge in [0.1, 0.15) is 0 Å². The van der Waals surface area contributed by atoms with Gasteiger partial charge in [-0.3, -0.25) is 4.79 Å². The van der Waals surface area contributed by atoms with Gasteiger partial charge in [0, 0.05) is 13.5 Å². The Kier molecular flexibility index (Phi) is 16.7. The molecule has 0 saturated carbocycles. The zero-order valence-corrected chi connectivity index (χ0v) is 14.7. The number of carbonyl (C=O) groups excluding carboxylic acids is 1. The maximum Gasteiger partial charge on any atom is 0.219 e. The summed E-state index contributed by atoms with van der Waals surface area (Å²) in [7, 11) is 1.69. The molecule has 0 aliphatic heterocycles. The molecule has 0 aromatic heterocycles. The van der Waals surface area contributed by atoms with E-state index in [-0.39, 0.29) is 5.91 Å². The van der Waals surface area contributed by atoms with Crippen molar-refractivity contribution in [2.24, 2.45) is 0 Å². The molecule has 1 N–H and O–H groups in total. The Morgan fingerprint density at radius 3 is 1.86 bits per heavy atom. The van der Waals surface area contributed by atoms with Crippen LogP contribution in [0.3, 0.4) is 0 Å². The lowest BCUT2D eigenvalue weighted by Crippen LogP contribution is -2.16. The Morgan fingerprint density at radius 1 is 0.773 bits per heavy atom. The molecule has 0 fully saturated rings. The number of carbonyl (C=O) groups is 1. The molecule has 0 saturated heterocycles. The summed E-state index contributed by atoms with van der Waals surface area (Å²) < 4.78 is 0. The summed E-state index contributed by atoms with van der Waals surface area (Å²) in [5, 5.41) is 2.65. The molecule has 1 amide bonds. The third-order valence-corrected chi connectivity index (χ3v) is 3.57. The van der Waals surface area contributed by atoms with Crippen molar-refractivity contribution in [2.45, 2.75) is 77.6 Å². The van der Waals surface area contributed by atoms with E-state index in [1.54, 1.807) is 7.05 Å². The van der Waals surface area contributed by atoms with Crippen LogP contribution in [0.1, 0.15) is 77.6 Å². The average molecular weight is 306 g/mol. The van der Waals surface area contributed by atoms with Crippen molar-refractivity contribution >= 4 is 5.91 Å². The van der Waals surface area contributed by atoms with E-state index in [1.807, 2.05) is 0 Å². The van der Waals surface area contributed by atoms with Gasteiger partial charge in [0.05, 0.1) is 0 Å². The molecule has 0 atom stereocenters. The first-order chi connectivity index (χ1) is 10.8. The largest absolute Gasteiger partial charge is 0.359 e. The zero-order valence-electron chi connectivity index (χ0n) is 14.7. The van der Waals surface area contributed by atoms with Crippen LogP contribution in [-0.2, 0) is 4.79 Å². The average Bonchev–Trinajstić information content (AvgIpc) is 2.54. The topological polar surface area (TPSA) is 29.1 Å². The van der Waals surface area contributed by atoms with Crippen LogP contribution in [-0.4, -0.2) is 13.0 Å². The van der Waals surface area contributed by atoms with Gasteiger partial charge in [-0.1, -0.05) is 62.6 Å². The maximum atomic E-state index is 11.0. The van der Waals surface area contributed by atoms with E-state index in [0.29, 0.717) is 6.42 Å². The van der Waals surface area contributed by atoms with Crippen LogP contribution in [0.25, 0.3) is 0 Å². The monoisotopic (exact) mass is 305 g/mol. The normalized spacial score (nSPS) is 11.9. The van der Waals surface area contributed by atoms with Crippen LogP contribution < -0.4 is 5.32 Å². The van der Waals surface area contributed by atoms with Crippen LogP contribution in [0.4, 0.5) is 0 Å². The van der Waals surface area contributed by atoms with Crippen molar-refractivity contribution in [3.63, 3.8) is 0 Å². The Hall–Kier alpha value is -1.31. The van der Waals surface area contributed by atoms with Gasteiger partial charge in [-0.25, -0.2) is 0 Å². The lowest BCUT2D eigenvalue weighted by Gasteiger charge is -1.97. The Balaban J connectivity index is 3.33. The van der Waals surface area contributed by atoms with Crippen molar-refractivity contribution in [1.29, 1.82) is 0 Å². The third-order valence-electron chi connectivity index (χ3n) is 3.57. The van der Waals surface area contributed by atoms with Gasteiger partial charge in [-0.2, -0.15) is 0 Å². The fraction of sp³-hybridized carbons (Fsp3) is 0.650. The molecule has 0 heterocycles. The van der Waals surface area contributed by atoms with Crippen molar-refractivity contribution in [3.8, 4) is 0 Å². The summed E-state index contributed by atoms with van der Waals surface area (Å²) in [5.74, 6) is 0.144. The number of unbranched alkanes of at least 4 members (excludes halogenated alkanes) is 6. The fourth-order valence-corrected chi connectivity index (χ4v) is 2.14. The predicted molar refractivity (Wildman–Crippen MR) is 97.9 cm³/mol. The van der Waals surface area contributed by atoms with Crippen molar-refractivity contribution in [2.75, 3.05) is 7.05 Å². The Bertz CT molecular complexity index is 329. The second-order valence-corrected chi connectivity index (χ2v) is 5.65. The number of allylic oxidation sites excluding steroid dienone is 6. The van der Waals surface area contributed by atoms with Gasteiger partial charge in [0.15, 0.2) is 0 Å². The Morgan fingerprint density at radius 2 is 1.32 bits per heavy atom. The lowest BCUT2D eigenvalue weighted by atomic mass is 10.1. The minimum absolute atomic E-state index is 0.144. The van der Waals surface area contributed by atoms with Crippen molar-refractivity contribution in [1.82, 2.24) is 5.32 Å². The molecule has 2 nitrogen and oxygen atoms in total. The molecule has 0 unspecified atom stereocenters. The summed E-state index contributed by atoms with van der Waals surface area (Å²) in [4.78, 5) is 11.0. The van der Waals surface area contributed by atoms with Gasteiger partial charge in [0.2, 0.25) is 5.91 Å². The van der Waals surface area contributed by atoms with Gasteiger partial charge in [0.25, 0.3) is 0 Å². The minimum Gasteiger partial charge on any atom is -0.359 e. The highest BCUT2D eigenvalue weighted by Gasteiger charge is 1.95. The number of nitrogens with one attached hydrogen (secondary N) is 1. The van der Waals surface area contributed by atoms with Gasteiger partial charge in [-0.05, 0) is 44.9 Å². The molecule has 0 aromatic rings. The molecule has 22 heavy (non-hydrogen) atoms. The molecule has 0 aliphatic carbocycles. The number of amides is 1. The molecule has 0 aliphatic rings. The zero-order chi connectivity index (χ0) is 16.3. The van der Waals surface area contributed by atoms with Crippen LogP contribution in [0, 0.1) is 0 Å². The standard InChI is InChI=1S/C20H35NO/c1-3-4-5-6-7-8-9-10-11-12-13-14-15-16-17-18-19-20(22)21-2/h8-9,11-12,14-15H,3-7,10,13,16-19H2,1-2H3,(H,21,22)/b9-8-,12-11-,15-14-. The van der Waals surface area contributed by atoms with E-state index in [1.165, 1.54) is 32.1 Å². The summed E-state index contributed by atoms with van der Waals surface area (Å²) in [6, 6.07) is 0. The van der Waals surface area contributed by atoms with E-state index >= 15 is 0 Å². The molecular weight excluding hydrogens is 270 g/mol. The van der Waals surface area contributed by atoms with Crippen molar-refractivity contribution in [3.05, 3.63) is 36.5 Å². The SMILES string of the molecule is CCCCCC/C=C\C/C=C\C/C=C\CCCCC(=O)NC. The second kappa shape index (κ2) is 17.7. The smallest absolute Gasteiger partial charge is 0.219 e. The third kappa shape index (κ3) is 16.7. The van der Waals surface area contributed by atoms with Crippen LogP contribution in [0.15, 0.2) is 36.5 Å². The van der Waals surface area contributed by atoms with Gasteiger partial charge in [-0.15, -0.1) is 0 Å². The predicted octanol–water partition coefficient (Wildman–Crippen LogP) is 5.71. The van der Waals surface area contributed by atoms with Gasteiger partial charge < -0.3 is 5.32 Å². The molecule has 0 spiro atoms. The molecule has 0 bridgehead atoms. The summed E-state index contributed by atoms with van der Waals surface area (Å²) >= 11 is 0. The van der Waals surface area contributed by atoms with Crippen LogP contribution in [0.5, 0.6) is 0 Å². The highest BCUT2D eigenvalue weighted by molar-refractivity contribution is 5.75. The highest BCUT2D eigenvalue weighted by atomic mass is 16.1. The Labute approximate surface area is 137 Å². The van der Waals surface area contributed by atoms with E-state index < -0.39 is 0 Å². The molecule has 0 aromatic carbocycles. The van der Waals surface area contributed by atoms with Crippen LogP contribution in [0.2, 0.25) is 0 Å². The molecule has 126 valence electrons. The first-order valence-corrected chi connectivity index (χ1v) is 8.96. The van der Waals surface area contributed by atoms with E-state index in [2.05, 4.69) is 48.7 Å². The second-order valence-electron chi connectivity index (χ2n) is 5.65. The quantitative estimate of drug-likeness (QED) is 0.323. The minimum atomic E-state index is 0.144. The summed E-state index contributed by atoms with van der Waals surface area (Å²) in [6.45, 7) is 2.25. The molecule has 0 radical (unpaired) electrons. The lowest BCUT2D eigenvalue weighted by molar-refractivity contribution is -0.120. The highest BCUT2D eigenvalue weighted by Crippen LogP contribution is 2.04. The van der Waals surface area contributed by atoms with E-state index in [9.17, 15) is 4.79 Å². The first kappa shape index (κ1) is 20.7. The summed E-state index contributed by atoms with van der Waals surface area (Å²) in [6.07, 6.45) is 25.9. The summed E-state index contributed by atoms with van der Waals surface area (Å²) in [5.41, 5.74) is 0. The number of hydrogen-bond donors (Lipinski definition) is 1. The van der Waals surface area contributed by atoms with Crippen LogP contribution >= 0.6 is 0 Å². The molecular formula is C20H35NO. The molecule has 0 rings (SSSR count). The van der Waals surface area contributed by atoms with E-state index in [4.69, 9.17) is 0 Å². The van der Waals surface area contributed by atoms with Crippen molar-refractivity contribution < 1.29 is 4.79 Å². The maximum absolute atomic E-state index is 11.0. The number of rotatable bonds is 14. The fourth-order valence-electron chi connectivity index (χ4n) is 2.14.